The molecule has 0 saturated carbocycles. The van der Waals surface area contributed by atoms with Gasteiger partial charge in [-0.3, -0.25) is 9.48 Å². The molecule has 0 atom stereocenters. The number of hydrogen-bond donors (Lipinski definition) is 1. The fourth-order valence-electron chi connectivity index (χ4n) is 2.91. The predicted molar refractivity (Wildman–Crippen MR) is 106 cm³/mol. The highest BCUT2D eigenvalue weighted by Crippen LogP contribution is 2.35. The summed E-state index contributed by atoms with van der Waals surface area (Å²) in [5, 5.41) is 17.8. The Morgan fingerprint density at radius 1 is 1.26 bits per heavy atom. The van der Waals surface area contributed by atoms with Gasteiger partial charge < -0.3 is 5.32 Å². The maximum atomic E-state index is 12.9. The van der Waals surface area contributed by atoms with Crippen LogP contribution < -0.4 is 5.32 Å². The van der Waals surface area contributed by atoms with Crippen molar-refractivity contribution in [3.05, 3.63) is 65.5 Å². The van der Waals surface area contributed by atoms with Crippen molar-refractivity contribution in [3.63, 3.8) is 0 Å². The lowest BCUT2D eigenvalue weighted by Crippen LogP contribution is -2.13. The van der Waals surface area contributed by atoms with Crippen LogP contribution in [0.5, 0.6) is 0 Å². The summed E-state index contributed by atoms with van der Waals surface area (Å²) in [5.74, 6) is -0.281. The zero-order valence-electron chi connectivity index (χ0n) is 14.7. The molecule has 0 spiro atoms. The summed E-state index contributed by atoms with van der Waals surface area (Å²) < 4.78 is 1.64. The van der Waals surface area contributed by atoms with E-state index in [1.807, 2.05) is 37.3 Å². The first kappa shape index (κ1) is 16.9. The average molecular weight is 373 g/mol. The summed E-state index contributed by atoms with van der Waals surface area (Å²) in [7, 11) is 1.79. The first-order chi connectivity index (χ1) is 13.1. The van der Waals surface area contributed by atoms with Gasteiger partial charge in [-0.2, -0.15) is 10.4 Å². The molecule has 27 heavy (non-hydrogen) atoms. The smallest absolute Gasteiger partial charge is 0.257 e. The minimum Gasteiger partial charge on any atom is -0.312 e. The Morgan fingerprint density at radius 3 is 2.78 bits per heavy atom. The van der Waals surface area contributed by atoms with Crippen LogP contribution >= 0.6 is 11.3 Å². The van der Waals surface area contributed by atoms with Crippen LogP contribution in [0.3, 0.4) is 0 Å². The van der Waals surface area contributed by atoms with Crippen LogP contribution in [0.2, 0.25) is 0 Å². The molecule has 0 fully saturated rings. The van der Waals surface area contributed by atoms with Crippen LogP contribution in [0.25, 0.3) is 21.5 Å². The standard InChI is InChI=1S/C20H15N5OS/c1-12-8-15(16-11-22-25(2)18(16)23-12)19(26)24-20-14(10-21)9-17(27-20)13-6-4-3-5-7-13/h3-9,11H,1-2H3,(H,24,26). The number of rotatable bonds is 3. The molecule has 4 rings (SSSR count). The second kappa shape index (κ2) is 6.67. The molecule has 3 aromatic heterocycles. The van der Waals surface area contributed by atoms with Crippen LogP contribution in [0.15, 0.2) is 48.7 Å². The number of carbonyl (C=O) groups excluding carboxylic acids is 1. The van der Waals surface area contributed by atoms with Crippen molar-refractivity contribution in [2.75, 3.05) is 5.32 Å². The number of nitriles is 1. The Hall–Kier alpha value is -3.50. The van der Waals surface area contributed by atoms with Crippen LogP contribution in [0.4, 0.5) is 5.00 Å². The van der Waals surface area contributed by atoms with E-state index in [1.54, 1.807) is 30.1 Å². The van der Waals surface area contributed by atoms with Gasteiger partial charge in [0.2, 0.25) is 0 Å². The lowest BCUT2D eigenvalue weighted by atomic mass is 10.1. The third kappa shape index (κ3) is 3.07. The quantitative estimate of drug-likeness (QED) is 0.585. The molecule has 132 valence electrons. The van der Waals surface area contributed by atoms with E-state index < -0.39 is 0 Å². The molecular formula is C20H15N5OS. The van der Waals surface area contributed by atoms with E-state index in [-0.39, 0.29) is 5.91 Å². The van der Waals surface area contributed by atoms with Gasteiger partial charge in [-0.1, -0.05) is 30.3 Å². The van der Waals surface area contributed by atoms with Gasteiger partial charge in [-0.15, -0.1) is 11.3 Å². The maximum Gasteiger partial charge on any atom is 0.257 e. The van der Waals surface area contributed by atoms with Gasteiger partial charge in [0, 0.05) is 17.6 Å². The van der Waals surface area contributed by atoms with Gasteiger partial charge in [-0.25, -0.2) is 4.98 Å². The van der Waals surface area contributed by atoms with Gasteiger partial charge in [-0.05, 0) is 24.6 Å². The summed E-state index contributed by atoms with van der Waals surface area (Å²) >= 11 is 1.38. The number of anilines is 1. The first-order valence-corrected chi connectivity index (χ1v) is 9.08. The van der Waals surface area contributed by atoms with Crippen LogP contribution in [0.1, 0.15) is 21.6 Å². The molecule has 0 aliphatic carbocycles. The van der Waals surface area contributed by atoms with Crippen molar-refractivity contribution in [1.82, 2.24) is 14.8 Å². The van der Waals surface area contributed by atoms with E-state index in [0.717, 1.165) is 16.1 Å². The number of nitrogens with one attached hydrogen (secondary N) is 1. The minimum atomic E-state index is -0.281. The summed E-state index contributed by atoms with van der Waals surface area (Å²) in [6, 6.07) is 15.5. The average Bonchev–Trinajstić information content (AvgIpc) is 3.25. The monoisotopic (exact) mass is 373 g/mol. The highest BCUT2D eigenvalue weighted by molar-refractivity contribution is 7.19. The molecule has 6 nitrogen and oxygen atoms in total. The fourth-order valence-corrected chi connectivity index (χ4v) is 3.92. The van der Waals surface area contributed by atoms with Crippen molar-refractivity contribution in [2.24, 2.45) is 7.05 Å². The van der Waals surface area contributed by atoms with Gasteiger partial charge in [0.15, 0.2) is 5.65 Å². The lowest BCUT2D eigenvalue weighted by Gasteiger charge is -2.06. The van der Waals surface area contributed by atoms with Crippen molar-refractivity contribution >= 4 is 33.3 Å². The van der Waals surface area contributed by atoms with E-state index in [9.17, 15) is 10.1 Å². The normalized spacial score (nSPS) is 10.7. The van der Waals surface area contributed by atoms with Gasteiger partial charge in [0.1, 0.15) is 11.1 Å². The second-order valence-corrected chi connectivity index (χ2v) is 7.15. The highest BCUT2D eigenvalue weighted by Gasteiger charge is 2.18. The molecule has 7 heteroatoms. The van der Waals surface area contributed by atoms with Crippen molar-refractivity contribution in [2.45, 2.75) is 6.92 Å². The number of amides is 1. The fraction of sp³-hybridized carbons (Fsp3) is 0.100. The van der Waals surface area contributed by atoms with Gasteiger partial charge in [0.05, 0.1) is 22.7 Å². The Balaban J connectivity index is 1.72. The van der Waals surface area contributed by atoms with Crippen molar-refractivity contribution in [3.8, 4) is 16.5 Å². The number of thiophene rings is 1. The molecular weight excluding hydrogens is 358 g/mol. The molecule has 0 bridgehead atoms. The van der Waals surface area contributed by atoms with E-state index in [4.69, 9.17) is 0 Å². The molecule has 4 aromatic rings. The molecule has 0 aliphatic rings. The first-order valence-electron chi connectivity index (χ1n) is 8.27. The number of aromatic nitrogens is 3. The predicted octanol–water partition coefficient (Wildman–Crippen LogP) is 4.13. The zero-order valence-corrected chi connectivity index (χ0v) is 15.5. The molecule has 1 N–H and O–H groups in total. The zero-order chi connectivity index (χ0) is 19.0. The largest absolute Gasteiger partial charge is 0.312 e. The SMILES string of the molecule is Cc1cc(C(=O)Nc2sc(-c3ccccc3)cc2C#N)c2cnn(C)c2n1. The summed E-state index contributed by atoms with van der Waals surface area (Å²) in [6.07, 6.45) is 1.63. The molecule has 1 aromatic carbocycles. The number of benzene rings is 1. The molecule has 0 unspecified atom stereocenters. The highest BCUT2D eigenvalue weighted by atomic mass is 32.1. The number of fused-ring (bicyclic) bond motifs is 1. The minimum absolute atomic E-state index is 0.281. The van der Waals surface area contributed by atoms with Crippen LogP contribution in [-0.2, 0) is 7.05 Å². The number of hydrogen-bond acceptors (Lipinski definition) is 5. The molecule has 3 heterocycles. The Morgan fingerprint density at radius 2 is 2.04 bits per heavy atom. The van der Waals surface area contributed by atoms with Crippen LogP contribution in [0, 0.1) is 18.3 Å². The van der Waals surface area contributed by atoms with E-state index in [2.05, 4.69) is 21.5 Å². The molecule has 1 amide bonds. The van der Waals surface area contributed by atoms with Crippen LogP contribution in [-0.4, -0.2) is 20.7 Å². The lowest BCUT2D eigenvalue weighted by molar-refractivity contribution is 0.102. The van der Waals surface area contributed by atoms with E-state index >= 15 is 0 Å². The third-order valence-electron chi connectivity index (χ3n) is 4.22. The summed E-state index contributed by atoms with van der Waals surface area (Å²) in [4.78, 5) is 18.3. The Labute approximate surface area is 159 Å². The Kier molecular flexibility index (Phi) is 4.18. The van der Waals surface area contributed by atoms with E-state index in [0.29, 0.717) is 27.2 Å². The topological polar surface area (TPSA) is 83.6 Å². The number of carbonyl (C=O) groups is 1. The van der Waals surface area contributed by atoms with Crippen molar-refractivity contribution < 1.29 is 4.79 Å². The van der Waals surface area contributed by atoms with Gasteiger partial charge >= 0.3 is 0 Å². The third-order valence-corrected chi connectivity index (χ3v) is 5.32. The molecule has 0 radical (unpaired) electrons. The molecule has 0 aliphatic heterocycles. The number of aryl methyl sites for hydroxylation is 2. The number of pyridine rings is 1. The number of nitrogens with zero attached hydrogens (tertiary/aromatic N) is 4. The molecule has 0 saturated heterocycles. The van der Waals surface area contributed by atoms with E-state index in [1.165, 1.54) is 11.3 Å². The van der Waals surface area contributed by atoms with Crippen molar-refractivity contribution in [1.29, 1.82) is 5.26 Å². The Bertz CT molecular complexity index is 1200. The second-order valence-electron chi connectivity index (χ2n) is 6.10. The maximum absolute atomic E-state index is 12.9. The summed E-state index contributed by atoms with van der Waals surface area (Å²) in [5.41, 5.74) is 3.32. The summed E-state index contributed by atoms with van der Waals surface area (Å²) in [6.45, 7) is 1.84. The van der Waals surface area contributed by atoms with Gasteiger partial charge in [0.25, 0.3) is 5.91 Å².